The van der Waals surface area contributed by atoms with E-state index in [9.17, 15) is 4.79 Å². The topological polar surface area (TPSA) is 72.9 Å². The van der Waals surface area contributed by atoms with E-state index >= 15 is 0 Å². The summed E-state index contributed by atoms with van der Waals surface area (Å²) >= 11 is 5.99. The van der Waals surface area contributed by atoms with Gasteiger partial charge in [0.15, 0.2) is 0 Å². The van der Waals surface area contributed by atoms with Crippen LogP contribution in [0.5, 0.6) is 0 Å². The Kier molecular flexibility index (Phi) is 4.98. The number of carbonyl (C=O) groups is 1. The molecule has 0 saturated heterocycles. The first-order chi connectivity index (χ1) is 11.2. The number of halogens is 1. The molecule has 0 bridgehead atoms. The van der Waals surface area contributed by atoms with E-state index < -0.39 is 0 Å². The Hall–Kier alpha value is -1.85. The molecule has 3 rings (SSSR count). The average Bonchev–Trinajstić information content (AvgIpc) is 3.05. The van der Waals surface area contributed by atoms with E-state index in [0.717, 1.165) is 24.9 Å². The van der Waals surface area contributed by atoms with E-state index in [-0.39, 0.29) is 11.9 Å². The van der Waals surface area contributed by atoms with Gasteiger partial charge >= 0.3 is 0 Å². The molecule has 1 aromatic heterocycles. The van der Waals surface area contributed by atoms with Crippen molar-refractivity contribution in [2.75, 3.05) is 6.54 Å². The minimum Gasteiger partial charge on any atom is -0.349 e. The molecule has 0 aliphatic heterocycles. The number of nitrogens with zero attached hydrogens (tertiary/aromatic N) is 2. The second kappa shape index (κ2) is 7.15. The van der Waals surface area contributed by atoms with Gasteiger partial charge in [-0.05, 0) is 43.5 Å². The summed E-state index contributed by atoms with van der Waals surface area (Å²) in [5.74, 6) is 0.277. The zero-order valence-electron chi connectivity index (χ0n) is 12.9. The van der Waals surface area contributed by atoms with Crippen molar-refractivity contribution in [3.8, 4) is 5.69 Å². The van der Waals surface area contributed by atoms with Gasteiger partial charge in [0.1, 0.15) is 0 Å². The van der Waals surface area contributed by atoms with Crippen LogP contribution in [0.3, 0.4) is 0 Å². The van der Waals surface area contributed by atoms with Crippen molar-refractivity contribution in [2.24, 2.45) is 11.7 Å². The van der Waals surface area contributed by atoms with Gasteiger partial charge in [-0.25, -0.2) is 4.68 Å². The molecule has 1 fully saturated rings. The van der Waals surface area contributed by atoms with Crippen molar-refractivity contribution in [1.82, 2.24) is 15.1 Å². The summed E-state index contributed by atoms with van der Waals surface area (Å²) in [5.41, 5.74) is 7.20. The molecule has 5 nitrogen and oxygen atoms in total. The summed E-state index contributed by atoms with van der Waals surface area (Å²) < 4.78 is 1.65. The molecular weight excluding hydrogens is 312 g/mol. The predicted molar refractivity (Wildman–Crippen MR) is 90.8 cm³/mol. The number of carbonyl (C=O) groups excluding carboxylic acids is 1. The van der Waals surface area contributed by atoms with E-state index in [4.69, 9.17) is 17.3 Å². The van der Waals surface area contributed by atoms with Gasteiger partial charge in [0.05, 0.1) is 17.4 Å². The van der Waals surface area contributed by atoms with Crippen LogP contribution in [0.1, 0.15) is 36.0 Å². The minimum absolute atomic E-state index is 0.0939. The van der Waals surface area contributed by atoms with E-state index in [0.29, 0.717) is 23.0 Å². The van der Waals surface area contributed by atoms with E-state index in [1.807, 2.05) is 18.2 Å². The smallest absolute Gasteiger partial charge is 0.254 e. The summed E-state index contributed by atoms with van der Waals surface area (Å²) in [6, 6.07) is 7.52. The Labute approximate surface area is 140 Å². The zero-order chi connectivity index (χ0) is 16.2. The van der Waals surface area contributed by atoms with Crippen LogP contribution >= 0.6 is 11.6 Å². The number of hydrogen-bond acceptors (Lipinski definition) is 3. The first-order valence-corrected chi connectivity index (χ1v) is 8.36. The number of aromatic nitrogens is 2. The fourth-order valence-corrected chi connectivity index (χ4v) is 3.32. The normalized spacial score (nSPS) is 21.1. The van der Waals surface area contributed by atoms with Crippen molar-refractivity contribution in [1.29, 1.82) is 0 Å². The molecule has 2 aromatic rings. The standard InChI is InChI=1S/C17H21ClN4O/c18-14-5-3-6-15(8-14)22-11-13(10-20-22)17(23)21-16-7-2-1-4-12(16)9-19/h3,5-6,8,10-12,16H,1-2,4,7,9,19H2,(H,21,23). The average molecular weight is 333 g/mol. The van der Waals surface area contributed by atoms with Crippen LogP contribution < -0.4 is 11.1 Å². The van der Waals surface area contributed by atoms with Crippen molar-refractivity contribution in [3.63, 3.8) is 0 Å². The number of nitrogens with one attached hydrogen (secondary N) is 1. The van der Waals surface area contributed by atoms with Gasteiger partial charge in [-0.15, -0.1) is 0 Å². The van der Waals surface area contributed by atoms with Crippen molar-refractivity contribution in [3.05, 3.63) is 47.2 Å². The highest BCUT2D eigenvalue weighted by molar-refractivity contribution is 6.30. The van der Waals surface area contributed by atoms with Gasteiger partial charge in [0.25, 0.3) is 5.91 Å². The Balaban J connectivity index is 1.71. The molecule has 1 heterocycles. The second-order valence-corrected chi connectivity index (χ2v) is 6.45. The maximum Gasteiger partial charge on any atom is 0.254 e. The molecule has 2 atom stereocenters. The molecule has 1 saturated carbocycles. The molecule has 3 N–H and O–H groups in total. The highest BCUT2D eigenvalue weighted by Crippen LogP contribution is 2.24. The van der Waals surface area contributed by atoms with E-state index in [2.05, 4.69) is 10.4 Å². The zero-order valence-corrected chi connectivity index (χ0v) is 13.7. The van der Waals surface area contributed by atoms with Crippen LogP contribution in [0.4, 0.5) is 0 Å². The van der Waals surface area contributed by atoms with Crippen LogP contribution in [0, 0.1) is 5.92 Å². The lowest BCUT2D eigenvalue weighted by Crippen LogP contribution is -2.44. The maximum atomic E-state index is 12.5. The predicted octanol–water partition coefficient (Wildman–Crippen LogP) is 2.77. The van der Waals surface area contributed by atoms with Crippen LogP contribution in [-0.4, -0.2) is 28.3 Å². The number of nitrogens with two attached hydrogens (primary N) is 1. The summed E-state index contributed by atoms with van der Waals surface area (Å²) in [5, 5.41) is 8.00. The molecule has 1 amide bonds. The lowest BCUT2D eigenvalue weighted by Gasteiger charge is -2.31. The molecule has 0 spiro atoms. The van der Waals surface area contributed by atoms with Gasteiger partial charge in [-0.3, -0.25) is 4.79 Å². The molecule has 23 heavy (non-hydrogen) atoms. The molecular formula is C17H21ClN4O. The van der Waals surface area contributed by atoms with Crippen LogP contribution in [-0.2, 0) is 0 Å². The summed E-state index contributed by atoms with van der Waals surface area (Å²) in [6.07, 6.45) is 7.72. The van der Waals surface area contributed by atoms with Gasteiger partial charge in [0, 0.05) is 17.3 Å². The van der Waals surface area contributed by atoms with Crippen LogP contribution in [0.25, 0.3) is 5.69 Å². The SMILES string of the molecule is NCC1CCCCC1NC(=O)c1cnn(-c2cccc(Cl)c2)c1. The third-order valence-corrected chi connectivity index (χ3v) is 4.68. The fraction of sp³-hybridized carbons (Fsp3) is 0.412. The van der Waals surface area contributed by atoms with Gasteiger partial charge in [-0.1, -0.05) is 30.5 Å². The van der Waals surface area contributed by atoms with Crippen molar-refractivity contribution in [2.45, 2.75) is 31.7 Å². The monoisotopic (exact) mass is 332 g/mol. The molecule has 1 aromatic carbocycles. The third kappa shape index (κ3) is 3.74. The molecule has 6 heteroatoms. The summed E-state index contributed by atoms with van der Waals surface area (Å²) in [6.45, 7) is 0.618. The van der Waals surface area contributed by atoms with Crippen LogP contribution in [0.15, 0.2) is 36.7 Å². The van der Waals surface area contributed by atoms with Crippen molar-refractivity contribution >= 4 is 17.5 Å². The summed E-state index contributed by atoms with van der Waals surface area (Å²) in [7, 11) is 0. The second-order valence-electron chi connectivity index (χ2n) is 6.01. The Morgan fingerprint density at radius 1 is 1.39 bits per heavy atom. The van der Waals surface area contributed by atoms with Gasteiger partial charge in [0.2, 0.25) is 0 Å². The van der Waals surface area contributed by atoms with Gasteiger partial charge < -0.3 is 11.1 Å². The lowest BCUT2D eigenvalue weighted by molar-refractivity contribution is 0.0908. The quantitative estimate of drug-likeness (QED) is 0.904. The first kappa shape index (κ1) is 16.0. The maximum absolute atomic E-state index is 12.5. The number of hydrogen-bond donors (Lipinski definition) is 2. The van der Waals surface area contributed by atoms with E-state index in [1.165, 1.54) is 6.42 Å². The first-order valence-electron chi connectivity index (χ1n) is 7.99. The highest BCUT2D eigenvalue weighted by Gasteiger charge is 2.26. The Morgan fingerprint density at radius 3 is 3.00 bits per heavy atom. The molecule has 1 aliphatic rings. The van der Waals surface area contributed by atoms with E-state index in [1.54, 1.807) is 23.1 Å². The Bertz CT molecular complexity index is 685. The summed E-state index contributed by atoms with van der Waals surface area (Å²) in [4.78, 5) is 12.5. The Morgan fingerprint density at radius 2 is 2.22 bits per heavy atom. The largest absolute Gasteiger partial charge is 0.349 e. The minimum atomic E-state index is -0.0939. The number of rotatable bonds is 4. The van der Waals surface area contributed by atoms with Crippen molar-refractivity contribution < 1.29 is 4.79 Å². The number of amides is 1. The highest BCUT2D eigenvalue weighted by atomic mass is 35.5. The molecule has 1 aliphatic carbocycles. The third-order valence-electron chi connectivity index (χ3n) is 4.45. The fourth-order valence-electron chi connectivity index (χ4n) is 3.13. The lowest BCUT2D eigenvalue weighted by atomic mass is 9.84. The molecule has 0 radical (unpaired) electrons. The van der Waals surface area contributed by atoms with Crippen LogP contribution in [0.2, 0.25) is 5.02 Å². The number of benzene rings is 1. The molecule has 2 unspecified atom stereocenters. The molecule has 122 valence electrons. The van der Waals surface area contributed by atoms with Gasteiger partial charge in [-0.2, -0.15) is 5.10 Å².